The number of H-pyrrole nitrogens is 2. The lowest BCUT2D eigenvalue weighted by atomic mass is 10.1. The molecule has 4 heterocycles. The number of hydrogen-bond acceptors (Lipinski definition) is 7. The average Bonchev–Trinajstić information content (AvgIpc) is 3.65. The molecule has 2 aromatic carbocycles. The first-order valence-corrected chi connectivity index (χ1v) is 12.8. The number of fused-ring (bicyclic) bond motifs is 6. The van der Waals surface area contributed by atoms with Crippen LogP contribution >= 0.6 is 0 Å². The van der Waals surface area contributed by atoms with Crippen LogP contribution in [0.4, 0.5) is 27.5 Å². The van der Waals surface area contributed by atoms with E-state index in [1.807, 2.05) is 20.8 Å². The summed E-state index contributed by atoms with van der Waals surface area (Å²) in [4.78, 5) is 48.2. The first kappa shape index (κ1) is 24.7. The highest BCUT2D eigenvalue weighted by Gasteiger charge is 2.33. The third-order valence-electron chi connectivity index (χ3n) is 7.31. The fourth-order valence-electron chi connectivity index (χ4n) is 5.62. The van der Waals surface area contributed by atoms with Crippen molar-refractivity contribution < 1.29 is 23.9 Å². The number of aromatic nitrogens is 2. The standard InChI is InChI=1S/C28H30N6O5/c1-28(2,3)39-27(37)34-8-6-14-15-9-19(31-23(15)18(30)12-22(14)34)25(35)33-7-5-13-16-10-20(26(36)38-4)32-24(16)17(29)11-21(13)33/h9-12,31-32H,5-8,29-30H2,1-4H3. The van der Waals surface area contributed by atoms with Crippen molar-refractivity contribution in [2.24, 2.45) is 0 Å². The lowest BCUT2D eigenvalue weighted by Gasteiger charge is -2.25. The summed E-state index contributed by atoms with van der Waals surface area (Å²) < 4.78 is 10.4. The molecule has 2 aromatic heterocycles. The van der Waals surface area contributed by atoms with Crippen molar-refractivity contribution in [3.63, 3.8) is 0 Å². The van der Waals surface area contributed by atoms with E-state index in [0.29, 0.717) is 71.1 Å². The normalized spacial score (nSPS) is 14.7. The highest BCUT2D eigenvalue weighted by molar-refractivity contribution is 6.13. The van der Waals surface area contributed by atoms with Crippen LogP contribution in [-0.4, -0.2) is 53.7 Å². The Morgan fingerprint density at radius 1 is 0.821 bits per heavy atom. The van der Waals surface area contributed by atoms with E-state index in [2.05, 4.69) is 9.97 Å². The Bertz CT molecular complexity index is 1710. The lowest BCUT2D eigenvalue weighted by Crippen LogP contribution is -2.35. The van der Waals surface area contributed by atoms with Crippen LogP contribution in [0.1, 0.15) is 52.9 Å². The molecule has 6 N–H and O–H groups in total. The monoisotopic (exact) mass is 530 g/mol. The molecule has 2 aliphatic rings. The Morgan fingerprint density at radius 3 is 1.90 bits per heavy atom. The van der Waals surface area contributed by atoms with Gasteiger partial charge in [-0.05, 0) is 69.0 Å². The van der Waals surface area contributed by atoms with Crippen LogP contribution in [0.2, 0.25) is 0 Å². The summed E-state index contributed by atoms with van der Waals surface area (Å²) in [6.45, 7) is 6.41. The van der Waals surface area contributed by atoms with E-state index in [9.17, 15) is 14.4 Å². The number of methoxy groups -OCH3 is 1. The first-order valence-electron chi connectivity index (χ1n) is 12.8. The van der Waals surface area contributed by atoms with E-state index in [0.717, 1.165) is 21.9 Å². The molecule has 0 fully saturated rings. The second-order valence-electron chi connectivity index (χ2n) is 11.0. The molecule has 0 saturated carbocycles. The van der Waals surface area contributed by atoms with E-state index in [4.69, 9.17) is 20.9 Å². The molecule has 11 nitrogen and oxygen atoms in total. The molecule has 6 rings (SSSR count). The number of nitrogens with two attached hydrogens (primary N) is 2. The van der Waals surface area contributed by atoms with Crippen LogP contribution in [0.5, 0.6) is 0 Å². The summed E-state index contributed by atoms with van der Waals surface area (Å²) in [6.07, 6.45) is 0.803. The molecule has 11 heteroatoms. The van der Waals surface area contributed by atoms with E-state index in [1.54, 1.807) is 34.1 Å². The van der Waals surface area contributed by atoms with Crippen molar-refractivity contribution in [3.8, 4) is 0 Å². The molecule has 0 atom stereocenters. The molecule has 0 spiro atoms. The van der Waals surface area contributed by atoms with Crippen molar-refractivity contribution in [1.29, 1.82) is 0 Å². The van der Waals surface area contributed by atoms with Crippen LogP contribution in [0.25, 0.3) is 21.8 Å². The van der Waals surface area contributed by atoms with Gasteiger partial charge in [-0.15, -0.1) is 0 Å². The summed E-state index contributed by atoms with van der Waals surface area (Å²) in [5.74, 6) is -0.707. The summed E-state index contributed by atoms with van der Waals surface area (Å²) >= 11 is 0. The van der Waals surface area contributed by atoms with E-state index in [-0.39, 0.29) is 5.91 Å². The minimum Gasteiger partial charge on any atom is -0.464 e. The Labute approximate surface area is 224 Å². The summed E-state index contributed by atoms with van der Waals surface area (Å²) in [7, 11) is 1.32. The molecule has 39 heavy (non-hydrogen) atoms. The Balaban J connectivity index is 1.36. The van der Waals surface area contributed by atoms with Crippen LogP contribution in [0.15, 0.2) is 24.3 Å². The molecule has 0 saturated heterocycles. The number of anilines is 4. The molecule has 0 aliphatic carbocycles. The zero-order valence-electron chi connectivity index (χ0n) is 22.2. The van der Waals surface area contributed by atoms with E-state index >= 15 is 0 Å². The van der Waals surface area contributed by atoms with Gasteiger partial charge >= 0.3 is 12.1 Å². The third-order valence-corrected chi connectivity index (χ3v) is 7.31. The number of benzene rings is 2. The third kappa shape index (κ3) is 3.84. The van der Waals surface area contributed by atoms with E-state index in [1.165, 1.54) is 7.11 Å². The van der Waals surface area contributed by atoms with Gasteiger partial charge in [-0.1, -0.05) is 0 Å². The number of nitrogens with one attached hydrogen (secondary N) is 2. The van der Waals surface area contributed by atoms with Gasteiger partial charge in [0.2, 0.25) is 0 Å². The van der Waals surface area contributed by atoms with Crippen molar-refractivity contribution in [2.45, 2.75) is 39.2 Å². The fourth-order valence-corrected chi connectivity index (χ4v) is 5.62. The molecular weight excluding hydrogens is 500 g/mol. The maximum absolute atomic E-state index is 13.8. The number of ether oxygens (including phenoxy) is 2. The van der Waals surface area contributed by atoms with Gasteiger partial charge in [0.05, 0.1) is 40.9 Å². The van der Waals surface area contributed by atoms with Crippen LogP contribution < -0.4 is 21.3 Å². The van der Waals surface area contributed by atoms with Crippen LogP contribution in [-0.2, 0) is 22.3 Å². The SMILES string of the molecule is COC(=O)c1cc2c3c(cc(N)c2[nH]1)N(C(=O)c1cc2c4c(cc(N)c2[nH]1)N(C(=O)OC(C)(C)C)CC4)CC3. The minimum atomic E-state index is -0.620. The van der Waals surface area contributed by atoms with Crippen molar-refractivity contribution in [1.82, 2.24) is 9.97 Å². The van der Waals surface area contributed by atoms with Crippen molar-refractivity contribution in [3.05, 3.63) is 46.8 Å². The Kier molecular flexibility index (Phi) is 5.32. The Hall–Kier alpha value is -4.67. The molecule has 0 bridgehead atoms. The molecule has 202 valence electrons. The summed E-state index contributed by atoms with van der Waals surface area (Å²) in [5.41, 5.74) is 18.2. The van der Waals surface area contributed by atoms with Gasteiger partial charge in [0.1, 0.15) is 17.0 Å². The van der Waals surface area contributed by atoms with Crippen molar-refractivity contribution in [2.75, 3.05) is 41.5 Å². The predicted octanol–water partition coefficient (Wildman–Crippen LogP) is 4.10. The lowest BCUT2D eigenvalue weighted by molar-refractivity contribution is 0.0578. The van der Waals surface area contributed by atoms with Gasteiger partial charge in [0.25, 0.3) is 5.91 Å². The number of amides is 2. The van der Waals surface area contributed by atoms with Crippen LogP contribution in [0, 0.1) is 0 Å². The van der Waals surface area contributed by atoms with Gasteiger partial charge in [0, 0.05) is 23.9 Å². The molecular formula is C28H30N6O5. The predicted molar refractivity (Wildman–Crippen MR) is 149 cm³/mol. The average molecular weight is 531 g/mol. The van der Waals surface area contributed by atoms with Gasteiger partial charge in [-0.3, -0.25) is 9.69 Å². The second-order valence-corrected chi connectivity index (χ2v) is 11.0. The van der Waals surface area contributed by atoms with E-state index < -0.39 is 17.7 Å². The number of hydrogen-bond donors (Lipinski definition) is 4. The number of carbonyl (C=O) groups is 3. The largest absolute Gasteiger partial charge is 0.464 e. The first-order chi connectivity index (χ1) is 18.5. The number of esters is 1. The quantitative estimate of drug-likeness (QED) is 0.224. The Morgan fingerprint density at radius 2 is 1.33 bits per heavy atom. The summed E-state index contributed by atoms with van der Waals surface area (Å²) in [5, 5.41) is 1.60. The topological polar surface area (TPSA) is 160 Å². The smallest absolute Gasteiger partial charge is 0.414 e. The summed E-state index contributed by atoms with van der Waals surface area (Å²) in [6, 6.07) is 7.03. The number of nitrogens with zero attached hydrogens (tertiary/aromatic N) is 2. The van der Waals surface area contributed by atoms with Gasteiger partial charge < -0.3 is 35.8 Å². The minimum absolute atomic E-state index is 0.220. The number of aromatic amines is 2. The molecule has 0 unspecified atom stereocenters. The highest BCUT2D eigenvalue weighted by atomic mass is 16.6. The van der Waals surface area contributed by atoms with Gasteiger partial charge in [0.15, 0.2) is 0 Å². The zero-order chi connectivity index (χ0) is 27.8. The van der Waals surface area contributed by atoms with Gasteiger partial charge in [-0.25, -0.2) is 9.59 Å². The van der Waals surface area contributed by atoms with Gasteiger partial charge in [-0.2, -0.15) is 0 Å². The van der Waals surface area contributed by atoms with Crippen LogP contribution in [0.3, 0.4) is 0 Å². The zero-order valence-corrected chi connectivity index (χ0v) is 22.2. The number of nitrogen functional groups attached to an aromatic ring is 2. The highest BCUT2D eigenvalue weighted by Crippen LogP contribution is 2.41. The maximum Gasteiger partial charge on any atom is 0.414 e. The molecule has 0 radical (unpaired) electrons. The molecule has 4 aromatic rings. The molecule has 2 aliphatic heterocycles. The number of rotatable bonds is 2. The number of carbonyl (C=O) groups excluding carboxylic acids is 3. The van der Waals surface area contributed by atoms with Crippen molar-refractivity contribution >= 4 is 62.5 Å². The molecule has 2 amide bonds. The fraction of sp³-hybridized carbons (Fsp3) is 0.321. The second kappa shape index (κ2) is 8.42. The maximum atomic E-state index is 13.8.